The maximum atomic E-state index is 10.6. The highest BCUT2D eigenvalue weighted by Crippen LogP contribution is 2.20. The number of hydrogen-bond donors (Lipinski definition) is 2. The van der Waals surface area contributed by atoms with E-state index in [0.717, 1.165) is 25.1 Å². The minimum Gasteiger partial charge on any atom is -0.478 e. The molecule has 1 aromatic rings. The monoisotopic (exact) mass is 192 g/mol. The van der Waals surface area contributed by atoms with Gasteiger partial charge >= 0.3 is 5.97 Å². The van der Waals surface area contributed by atoms with E-state index in [-0.39, 0.29) is 5.56 Å². The van der Waals surface area contributed by atoms with E-state index in [2.05, 4.69) is 10.3 Å². The molecule has 2 N–H and O–H groups in total. The van der Waals surface area contributed by atoms with Gasteiger partial charge < -0.3 is 10.4 Å². The first-order chi connectivity index (χ1) is 6.77. The highest BCUT2D eigenvalue weighted by Gasteiger charge is 2.17. The molecule has 2 heterocycles. The van der Waals surface area contributed by atoms with Gasteiger partial charge in [-0.25, -0.2) is 4.79 Å². The van der Waals surface area contributed by atoms with Crippen molar-refractivity contribution >= 4 is 5.97 Å². The number of nitrogens with zero attached hydrogens (tertiary/aromatic N) is 1. The van der Waals surface area contributed by atoms with Crippen LogP contribution >= 0.6 is 0 Å². The molecule has 1 aliphatic rings. The Bertz CT molecular complexity index is 328. The van der Waals surface area contributed by atoms with Gasteiger partial charge in [-0.1, -0.05) is 0 Å². The number of aromatic carboxylic acids is 1. The SMILES string of the molecule is O=C(O)c1ccc([C@H]2CCCN2)nc1. The van der Waals surface area contributed by atoms with E-state index in [1.54, 1.807) is 12.1 Å². The Hall–Kier alpha value is -1.42. The number of carboxylic acids is 1. The van der Waals surface area contributed by atoms with Gasteiger partial charge in [-0.05, 0) is 31.5 Å². The molecule has 1 aromatic heterocycles. The summed E-state index contributed by atoms with van der Waals surface area (Å²) in [5.74, 6) is -0.927. The van der Waals surface area contributed by atoms with Gasteiger partial charge in [-0.3, -0.25) is 4.98 Å². The fraction of sp³-hybridized carbons (Fsp3) is 0.400. The number of rotatable bonds is 2. The summed E-state index contributed by atoms with van der Waals surface area (Å²) in [7, 11) is 0. The van der Waals surface area contributed by atoms with Crippen LogP contribution in [0.4, 0.5) is 0 Å². The molecule has 4 heteroatoms. The smallest absolute Gasteiger partial charge is 0.337 e. The Morgan fingerprint density at radius 2 is 2.43 bits per heavy atom. The van der Waals surface area contributed by atoms with E-state index in [9.17, 15) is 4.79 Å². The third-order valence-corrected chi connectivity index (χ3v) is 2.45. The predicted molar refractivity (Wildman–Crippen MR) is 51.2 cm³/mol. The molecule has 0 saturated carbocycles. The van der Waals surface area contributed by atoms with E-state index in [1.165, 1.54) is 6.20 Å². The van der Waals surface area contributed by atoms with Crippen LogP contribution in [0.25, 0.3) is 0 Å². The Balaban J connectivity index is 2.16. The summed E-state index contributed by atoms with van der Waals surface area (Å²) in [6.45, 7) is 1.02. The molecule has 74 valence electrons. The number of pyridine rings is 1. The number of carbonyl (C=O) groups is 1. The first-order valence-corrected chi connectivity index (χ1v) is 4.70. The molecule has 0 unspecified atom stereocenters. The van der Waals surface area contributed by atoms with Crippen molar-refractivity contribution in [2.75, 3.05) is 6.54 Å². The molecular formula is C10H12N2O2. The average molecular weight is 192 g/mol. The molecule has 1 saturated heterocycles. The van der Waals surface area contributed by atoms with Crippen molar-refractivity contribution in [3.8, 4) is 0 Å². The normalized spacial score (nSPS) is 21.0. The fourth-order valence-corrected chi connectivity index (χ4v) is 1.67. The second kappa shape index (κ2) is 3.75. The van der Waals surface area contributed by atoms with Crippen LogP contribution < -0.4 is 5.32 Å². The molecule has 1 atom stereocenters. The molecule has 1 aliphatic heterocycles. The molecule has 0 aromatic carbocycles. The van der Waals surface area contributed by atoms with Crippen molar-refractivity contribution in [1.82, 2.24) is 10.3 Å². The van der Waals surface area contributed by atoms with Gasteiger partial charge in [0, 0.05) is 12.2 Å². The Labute approximate surface area is 82.0 Å². The molecule has 0 bridgehead atoms. The standard InChI is InChI=1S/C10H12N2O2/c13-10(14)7-3-4-9(12-6-7)8-2-1-5-11-8/h3-4,6,8,11H,1-2,5H2,(H,13,14)/t8-/m1/s1. The highest BCUT2D eigenvalue weighted by molar-refractivity contribution is 5.87. The third-order valence-electron chi connectivity index (χ3n) is 2.45. The van der Waals surface area contributed by atoms with Crippen LogP contribution in [0, 0.1) is 0 Å². The van der Waals surface area contributed by atoms with Crippen LogP contribution in [0.15, 0.2) is 18.3 Å². The third kappa shape index (κ3) is 1.75. The lowest BCUT2D eigenvalue weighted by Crippen LogP contribution is -2.14. The zero-order valence-electron chi connectivity index (χ0n) is 7.73. The van der Waals surface area contributed by atoms with Crippen LogP contribution in [-0.2, 0) is 0 Å². The number of carboxylic acid groups (broad SMARTS) is 1. The topological polar surface area (TPSA) is 62.2 Å². The van der Waals surface area contributed by atoms with Gasteiger partial charge in [0.05, 0.1) is 11.3 Å². The summed E-state index contributed by atoms with van der Waals surface area (Å²) < 4.78 is 0. The van der Waals surface area contributed by atoms with Crippen LogP contribution in [0.1, 0.15) is 34.9 Å². The predicted octanol–water partition coefficient (Wildman–Crippen LogP) is 1.20. The summed E-state index contributed by atoms with van der Waals surface area (Å²) in [4.78, 5) is 14.7. The second-order valence-corrected chi connectivity index (χ2v) is 3.43. The van der Waals surface area contributed by atoms with Crippen LogP contribution in [-0.4, -0.2) is 22.6 Å². The minimum absolute atomic E-state index is 0.242. The first-order valence-electron chi connectivity index (χ1n) is 4.70. The van der Waals surface area contributed by atoms with Gasteiger partial charge in [0.15, 0.2) is 0 Å². The summed E-state index contributed by atoms with van der Waals surface area (Å²) in [6, 6.07) is 3.69. The zero-order valence-corrected chi connectivity index (χ0v) is 7.73. The van der Waals surface area contributed by atoms with Crippen molar-refractivity contribution < 1.29 is 9.90 Å². The average Bonchev–Trinajstić information content (AvgIpc) is 2.71. The number of aromatic nitrogens is 1. The van der Waals surface area contributed by atoms with E-state index < -0.39 is 5.97 Å². The lowest BCUT2D eigenvalue weighted by Gasteiger charge is -2.08. The summed E-state index contributed by atoms with van der Waals surface area (Å²) >= 11 is 0. The minimum atomic E-state index is -0.927. The fourth-order valence-electron chi connectivity index (χ4n) is 1.67. The van der Waals surface area contributed by atoms with Gasteiger partial charge in [-0.2, -0.15) is 0 Å². The van der Waals surface area contributed by atoms with Gasteiger partial charge in [0.25, 0.3) is 0 Å². The Morgan fingerprint density at radius 1 is 1.57 bits per heavy atom. The first kappa shape index (κ1) is 9.15. The molecule has 4 nitrogen and oxygen atoms in total. The van der Waals surface area contributed by atoms with Crippen molar-refractivity contribution in [2.45, 2.75) is 18.9 Å². The zero-order chi connectivity index (χ0) is 9.97. The number of hydrogen-bond acceptors (Lipinski definition) is 3. The van der Waals surface area contributed by atoms with Gasteiger partial charge in [0.2, 0.25) is 0 Å². The Kier molecular flexibility index (Phi) is 2.45. The van der Waals surface area contributed by atoms with Crippen LogP contribution in [0.2, 0.25) is 0 Å². The lowest BCUT2D eigenvalue weighted by atomic mass is 10.1. The summed E-state index contributed by atoms with van der Waals surface area (Å²) in [6.07, 6.45) is 3.66. The quantitative estimate of drug-likeness (QED) is 0.739. The number of nitrogens with one attached hydrogen (secondary N) is 1. The molecule has 0 aliphatic carbocycles. The summed E-state index contributed by atoms with van der Waals surface area (Å²) in [5.41, 5.74) is 1.18. The van der Waals surface area contributed by atoms with E-state index in [0.29, 0.717) is 6.04 Å². The van der Waals surface area contributed by atoms with Gasteiger partial charge in [0.1, 0.15) is 0 Å². The lowest BCUT2D eigenvalue weighted by molar-refractivity contribution is 0.0696. The Morgan fingerprint density at radius 3 is 2.93 bits per heavy atom. The largest absolute Gasteiger partial charge is 0.478 e. The van der Waals surface area contributed by atoms with Crippen molar-refractivity contribution in [3.05, 3.63) is 29.6 Å². The van der Waals surface area contributed by atoms with Crippen molar-refractivity contribution in [2.24, 2.45) is 0 Å². The molecule has 2 rings (SSSR count). The van der Waals surface area contributed by atoms with Gasteiger partial charge in [-0.15, -0.1) is 0 Å². The molecule has 14 heavy (non-hydrogen) atoms. The maximum absolute atomic E-state index is 10.6. The highest BCUT2D eigenvalue weighted by atomic mass is 16.4. The summed E-state index contributed by atoms with van der Waals surface area (Å²) in [5, 5.41) is 12.0. The second-order valence-electron chi connectivity index (χ2n) is 3.43. The van der Waals surface area contributed by atoms with E-state index in [4.69, 9.17) is 5.11 Å². The molecule has 0 amide bonds. The van der Waals surface area contributed by atoms with Crippen LogP contribution in [0.5, 0.6) is 0 Å². The van der Waals surface area contributed by atoms with Crippen molar-refractivity contribution in [1.29, 1.82) is 0 Å². The van der Waals surface area contributed by atoms with Crippen LogP contribution in [0.3, 0.4) is 0 Å². The maximum Gasteiger partial charge on any atom is 0.337 e. The van der Waals surface area contributed by atoms with E-state index in [1.807, 2.05) is 0 Å². The molecule has 0 spiro atoms. The van der Waals surface area contributed by atoms with Crippen molar-refractivity contribution in [3.63, 3.8) is 0 Å². The molecular weight excluding hydrogens is 180 g/mol. The molecule has 1 fully saturated rings. The van der Waals surface area contributed by atoms with E-state index >= 15 is 0 Å². The molecule has 0 radical (unpaired) electrons.